The quantitative estimate of drug-likeness (QED) is 0.390. The van der Waals surface area contributed by atoms with Crippen LogP contribution in [0.5, 0.6) is 11.5 Å². The molecule has 2 N–H and O–H groups in total. The van der Waals surface area contributed by atoms with E-state index in [9.17, 15) is 9.59 Å². The van der Waals surface area contributed by atoms with Gasteiger partial charge in [0, 0.05) is 24.5 Å². The molecule has 0 saturated heterocycles. The molecule has 0 aliphatic carbocycles. The van der Waals surface area contributed by atoms with Gasteiger partial charge in [-0.2, -0.15) is 0 Å². The van der Waals surface area contributed by atoms with Crippen molar-refractivity contribution >= 4 is 40.1 Å². The Bertz CT molecular complexity index is 1370. The summed E-state index contributed by atoms with van der Waals surface area (Å²) in [6.07, 6.45) is 1.42. The molecule has 0 spiro atoms. The minimum atomic E-state index is -0.291. The second-order valence-electron chi connectivity index (χ2n) is 7.37. The number of methoxy groups -OCH3 is 2. The van der Waals surface area contributed by atoms with E-state index >= 15 is 0 Å². The minimum Gasteiger partial charge on any atom is -0.493 e. The zero-order chi connectivity index (χ0) is 24.2. The van der Waals surface area contributed by atoms with Crippen molar-refractivity contribution in [1.29, 1.82) is 0 Å². The van der Waals surface area contributed by atoms with Gasteiger partial charge in [0.25, 0.3) is 11.8 Å². The Morgan fingerprint density at radius 1 is 0.971 bits per heavy atom. The highest BCUT2D eigenvalue weighted by Gasteiger charge is 2.14. The minimum absolute atomic E-state index is 0.222. The number of anilines is 1. The van der Waals surface area contributed by atoms with Crippen LogP contribution in [-0.2, 0) is 13.6 Å². The summed E-state index contributed by atoms with van der Waals surface area (Å²) in [5.74, 6) is 1.10. The number of hydrogen-bond acceptors (Lipinski definition) is 6. The molecule has 34 heavy (non-hydrogen) atoms. The summed E-state index contributed by atoms with van der Waals surface area (Å²) in [5, 5.41) is 6.02. The van der Waals surface area contributed by atoms with Gasteiger partial charge in [0.05, 0.1) is 37.4 Å². The molecule has 0 aliphatic rings. The van der Waals surface area contributed by atoms with Crippen LogP contribution >= 0.6 is 11.6 Å². The number of benzene rings is 2. The Labute approximate surface area is 200 Å². The first-order chi connectivity index (χ1) is 16.4. The summed E-state index contributed by atoms with van der Waals surface area (Å²) in [5.41, 5.74) is 2.97. The Hall–Kier alpha value is -4.11. The summed E-state index contributed by atoms with van der Waals surface area (Å²) >= 11 is 5.77. The van der Waals surface area contributed by atoms with Gasteiger partial charge in [0.1, 0.15) is 11.0 Å². The lowest BCUT2D eigenvalue weighted by molar-refractivity contribution is 0.0948. The summed E-state index contributed by atoms with van der Waals surface area (Å²) in [6.45, 7) is 0.222. The SMILES string of the molecule is COc1ccc(C(=O)Nc2ccc3c(c2)nc(CNC(=O)c2ccc(Cl)nc2)n3C)cc1OC. The number of fused-ring (bicyclic) bond motifs is 1. The van der Waals surface area contributed by atoms with Crippen LogP contribution in [0, 0.1) is 0 Å². The molecule has 0 bridgehead atoms. The number of aryl methyl sites for hydroxylation is 1. The van der Waals surface area contributed by atoms with Gasteiger partial charge in [-0.15, -0.1) is 0 Å². The van der Waals surface area contributed by atoms with E-state index in [4.69, 9.17) is 21.1 Å². The number of rotatable bonds is 7. The van der Waals surface area contributed by atoms with Gasteiger partial charge in [-0.25, -0.2) is 9.97 Å². The number of carbonyl (C=O) groups is 2. The molecule has 2 aromatic carbocycles. The molecule has 0 radical (unpaired) electrons. The summed E-state index contributed by atoms with van der Waals surface area (Å²) in [6, 6.07) is 13.6. The van der Waals surface area contributed by atoms with Crippen LogP contribution in [-0.4, -0.2) is 40.6 Å². The maximum absolute atomic E-state index is 12.7. The van der Waals surface area contributed by atoms with Crippen LogP contribution in [0.3, 0.4) is 0 Å². The maximum Gasteiger partial charge on any atom is 0.255 e. The van der Waals surface area contributed by atoms with Gasteiger partial charge in [-0.05, 0) is 48.5 Å². The lowest BCUT2D eigenvalue weighted by Crippen LogP contribution is -2.24. The third-order valence-corrected chi connectivity index (χ3v) is 5.50. The zero-order valence-electron chi connectivity index (χ0n) is 18.8. The van der Waals surface area contributed by atoms with Crippen molar-refractivity contribution in [3.05, 3.63) is 76.8 Å². The van der Waals surface area contributed by atoms with Gasteiger partial charge in [-0.3, -0.25) is 9.59 Å². The first-order valence-corrected chi connectivity index (χ1v) is 10.7. The number of amides is 2. The van der Waals surface area contributed by atoms with Crippen LogP contribution in [0.2, 0.25) is 5.15 Å². The number of hydrogen-bond donors (Lipinski definition) is 2. The first-order valence-electron chi connectivity index (χ1n) is 10.3. The standard InChI is InChI=1S/C24H22ClN5O4/c1-30-18-7-6-16(28-24(32)14-4-8-19(33-2)20(10-14)34-3)11-17(18)29-22(30)13-27-23(31)15-5-9-21(25)26-12-15/h4-12H,13H2,1-3H3,(H,27,31)(H,28,32). The number of aromatic nitrogens is 3. The normalized spacial score (nSPS) is 10.7. The fraction of sp³-hybridized carbons (Fsp3) is 0.167. The summed E-state index contributed by atoms with van der Waals surface area (Å²) in [7, 11) is 4.91. The van der Waals surface area contributed by atoms with E-state index in [-0.39, 0.29) is 18.4 Å². The third-order valence-electron chi connectivity index (χ3n) is 5.27. The molecular weight excluding hydrogens is 458 g/mol. The van der Waals surface area contributed by atoms with Gasteiger partial charge in [0.15, 0.2) is 11.5 Å². The highest BCUT2D eigenvalue weighted by molar-refractivity contribution is 6.29. The van der Waals surface area contributed by atoms with Crippen molar-refractivity contribution in [2.45, 2.75) is 6.54 Å². The van der Waals surface area contributed by atoms with E-state index in [1.54, 1.807) is 42.5 Å². The smallest absolute Gasteiger partial charge is 0.255 e. The monoisotopic (exact) mass is 479 g/mol. The van der Waals surface area contributed by atoms with Gasteiger partial charge in [0.2, 0.25) is 0 Å². The molecule has 2 amide bonds. The molecule has 9 nitrogen and oxygen atoms in total. The predicted molar refractivity (Wildman–Crippen MR) is 129 cm³/mol. The molecule has 10 heteroatoms. The molecule has 0 saturated carbocycles. The van der Waals surface area contributed by atoms with Crippen LogP contribution < -0.4 is 20.1 Å². The summed E-state index contributed by atoms with van der Waals surface area (Å²) in [4.78, 5) is 33.6. The Morgan fingerprint density at radius 3 is 2.44 bits per heavy atom. The van der Waals surface area contributed by atoms with E-state index in [1.807, 2.05) is 17.7 Å². The predicted octanol–water partition coefficient (Wildman–Crippen LogP) is 3.82. The van der Waals surface area contributed by atoms with E-state index in [0.29, 0.717) is 44.8 Å². The van der Waals surface area contributed by atoms with Gasteiger partial charge >= 0.3 is 0 Å². The lowest BCUT2D eigenvalue weighted by Gasteiger charge is -2.10. The van der Waals surface area contributed by atoms with Crippen molar-refractivity contribution in [3.8, 4) is 11.5 Å². The number of carbonyl (C=O) groups excluding carboxylic acids is 2. The fourth-order valence-electron chi connectivity index (χ4n) is 3.44. The largest absolute Gasteiger partial charge is 0.493 e. The highest BCUT2D eigenvalue weighted by Crippen LogP contribution is 2.28. The average molecular weight is 480 g/mol. The van der Waals surface area contributed by atoms with Gasteiger partial charge < -0.3 is 24.7 Å². The molecule has 0 aliphatic heterocycles. The molecule has 0 atom stereocenters. The van der Waals surface area contributed by atoms with Crippen LogP contribution in [0.1, 0.15) is 26.5 Å². The number of ether oxygens (including phenoxy) is 2. The Kier molecular flexibility index (Phi) is 6.65. The van der Waals surface area contributed by atoms with Crippen molar-refractivity contribution < 1.29 is 19.1 Å². The highest BCUT2D eigenvalue weighted by atomic mass is 35.5. The van der Waals surface area contributed by atoms with Crippen molar-refractivity contribution in [2.75, 3.05) is 19.5 Å². The molecule has 0 fully saturated rings. The molecule has 2 heterocycles. The zero-order valence-corrected chi connectivity index (χ0v) is 19.5. The number of nitrogens with one attached hydrogen (secondary N) is 2. The molecule has 0 unspecified atom stereocenters. The average Bonchev–Trinajstić information content (AvgIpc) is 3.17. The van der Waals surface area contributed by atoms with Gasteiger partial charge in [-0.1, -0.05) is 11.6 Å². The van der Waals surface area contributed by atoms with E-state index < -0.39 is 0 Å². The van der Waals surface area contributed by atoms with Crippen molar-refractivity contribution in [2.24, 2.45) is 7.05 Å². The number of nitrogens with zero attached hydrogens (tertiary/aromatic N) is 3. The fourth-order valence-corrected chi connectivity index (χ4v) is 3.55. The Morgan fingerprint density at radius 2 is 1.74 bits per heavy atom. The van der Waals surface area contributed by atoms with Crippen LogP contribution in [0.15, 0.2) is 54.7 Å². The Balaban J connectivity index is 1.48. The number of pyridine rings is 1. The molecule has 174 valence electrons. The first kappa shape index (κ1) is 23.1. The topological polar surface area (TPSA) is 107 Å². The van der Waals surface area contributed by atoms with Crippen molar-refractivity contribution in [1.82, 2.24) is 19.9 Å². The van der Waals surface area contributed by atoms with Crippen LogP contribution in [0.25, 0.3) is 11.0 Å². The lowest BCUT2D eigenvalue weighted by atomic mass is 10.1. The van der Waals surface area contributed by atoms with E-state index in [0.717, 1.165) is 5.52 Å². The molecule has 4 rings (SSSR count). The molecular formula is C24H22ClN5O4. The van der Waals surface area contributed by atoms with Crippen LogP contribution in [0.4, 0.5) is 5.69 Å². The van der Waals surface area contributed by atoms with E-state index in [1.165, 1.54) is 20.4 Å². The molecule has 2 aromatic heterocycles. The third kappa shape index (κ3) is 4.79. The second-order valence-corrected chi connectivity index (χ2v) is 7.75. The number of halogens is 1. The second kappa shape index (κ2) is 9.80. The van der Waals surface area contributed by atoms with Crippen molar-refractivity contribution in [3.63, 3.8) is 0 Å². The number of imidazole rings is 1. The summed E-state index contributed by atoms with van der Waals surface area (Å²) < 4.78 is 12.4. The maximum atomic E-state index is 12.7. The van der Waals surface area contributed by atoms with E-state index in [2.05, 4.69) is 20.6 Å². The molecule has 4 aromatic rings.